The molecule has 7 heteroatoms. The number of piperazine rings is 1. The Morgan fingerprint density at radius 3 is 2.38 bits per heavy atom. The third kappa shape index (κ3) is 5.46. The molecule has 1 saturated heterocycles. The Labute approximate surface area is 154 Å². The maximum absolute atomic E-state index is 12.8. The molecule has 0 N–H and O–H groups in total. The highest BCUT2D eigenvalue weighted by Gasteiger charge is 2.23. The van der Waals surface area contributed by atoms with Crippen LogP contribution in [-0.4, -0.2) is 67.5 Å². The molecule has 1 aromatic carbocycles. The molecule has 1 aliphatic rings. The average Bonchev–Trinajstić information content (AvgIpc) is 2.64. The summed E-state index contributed by atoms with van der Waals surface area (Å²) < 4.78 is 5.44. The van der Waals surface area contributed by atoms with Gasteiger partial charge in [-0.05, 0) is 31.2 Å². The molecule has 0 aromatic heterocycles. The van der Waals surface area contributed by atoms with Crippen LogP contribution < -0.4 is 9.64 Å². The van der Waals surface area contributed by atoms with Crippen LogP contribution >= 0.6 is 0 Å². The molecule has 0 saturated carbocycles. The zero-order chi connectivity index (χ0) is 18.9. The molecule has 0 spiro atoms. The van der Waals surface area contributed by atoms with Crippen molar-refractivity contribution in [2.45, 2.75) is 20.3 Å². The van der Waals surface area contributed by atoms with Crippen molar-refractivity contribution in [3.63, 3.8) is 0 Å². The predicted molar refractivity (Wildman–Crippen MR) is 98.9 cm³/mol. The quantitative estimate of drug-likeness (QED) is 0.738. The first-order chi connectivity index (χ1) is 12.5. The summed E-state index contributed by atoms with van der Waals surface area (Å²) in [5.41, 5.74) is 0.760. The Balaban J connectivity index is 2.00. The van der Waals surface area contributed by atoms with E-state index in [-0.39, 0.29) is 24.8 Å². The Bertz CT molecular complexity index is 646. The molecule has 1 heterocycles. The van der Waals surface area contributed by atoms with Crippen LogP contribution in [0.2, 0.25) is 0 Å². The van der Waals surface area contributed by atoms with Gasteiger partial charge in [-0.25, -0.2) is 0 Å². The molecule has 0 aliphatic carbocycles. The van der Waals surface area contributed by atoms with E-state index in [1.54, 1.807) is 16.7 Å². The normalized spacial score (nSPS) is 14.6. The molecule has 7 nitrogen and oxygen atoms in total. The van der Waals surface area contributed by atoms with Gasteiger partial charge in [0.25, 0.3) is 0 Å². The van der Waals surface area contributed by atoms with Crippen LogP contribution in [0.15, 0.2) is 24.3 Å². The number of amides is 2. The second-order valence-corrected chi connectivity index (χ2v) is 6.16. The predicted octanol–water partition coefficient (Wildman–Crippen LogP) is 1.50. The lowest BCUT2D eigenvalue weighted by atomic mass is 10.2. The molecule has 0 unspecified atom stereocenters. The highest BCUT2D eigenvalue weighted by atomic mass is 16.5. The summed E-state index contributed by atoms with van der Waals surface area (Å²) in [6.45, 7) is 7.36. The first-order valence-electron chi connectivity index (χ1n) is 8.93. The van der Waals surface area contributed by atoms with Crippen molar-refractivity contribution >= 4 is 17.5 Å². The van der Waals surface area contributed by atoms with Gasteiger partial charge in [-0.15, -0.1) is 0 Å². The third-order valence-corrected chi connectivity index (χ3v) is 4.38. The topological polar surface area (TPSA) is 76.9 Å². The largest absolute Gasteiger partial charge is 0.494 e. The first kappa shape index (κ1) is 19.7. The van der Waals surface area contributed by atoms with Crippen LogP contribution in [0.1, 0.15) is 20.3 Å². The lowest BCUT2D eigenvalue weighted by molar-refractivity contribution is -0.130. The number of anilines is 1. The molecule has 0 radical (unpaired) electrons. The molecule has 2 rings (SSSR count). The van der Waals surface area contributed by atoms with E-state index in [2.05, 4.69) is 11.0 Å². The van der Waals surface area contributed by atoms with Crippen LogP contribution in [0.4, 0.5) is 5.69 Å². The van der Waals surface area contributed by atoms with E-state index in [1.807, 2.05) is 31.2 Å². The van der Waals surface area contributed by atoms with Gasteiger partial charge in [-0.2, -0.15) is 5.26 Å². The van der Waals surface area contributed by atoms with Gasteiger partial charge < -0.3 is 14.5 Å². The number of carbonyl (C=O) groups excluding carboxylic acids is 2. The molecule has 1 aliphatic heterocycles. The average molecular weight is 358 g/mol. The smallest absolute Gasteiger partial charge is 0.241 e. The first-order valence-corrected chi connectivity index (χ1v) is 8.93. The highest BCUT2D eigenvalue weighted by molar-refractivity contribution is 5.94. The molecule has 140 valence electrons. The fourth-order valence-corrected chi connectivity index (χ4v) is 2.95. The molecular weight excluding hydrogens is 332 g/mol. The summed E-state index contributed by atoms with van der Waals surface area (Å²) in [5.74, 6) is 0.783. The molecule has 1 aromatic rings. The van der Waals surface area contributed by atoms with E-state index >= 15 is 0 Å². The van der Waals surface area contributed by atoms with Gasteiger partial charge in [0.2, 0.25) is 11.8 Å². The van der Waals surface area contributed by atoms with E-state index in [4.69, 9.17) is 10.00 Å². The lowest BCUT2D eigenvalue weighted by Crippen LogP contribution is -2.51. The van der Waals surface area contributed by atoms with Gasteiger partial charge in [0.15, 0.2) is 0 Å². The zero-order valence-electron chi connectivity index (χ0n) is 15.5. The lowest BCUT2D eigenvalue weighted by Gasteiger charge is -2.35. The molecule has 0 bridgehead atoms. The second kappa shape index (κ2) is 9.78. The summed E-state index contributed by atoms with van der Waals surface area (Å²) in [5, 5.41) is 8.90. The molecular formula is C19H26N4O3. The van der Waals surface area contributed by atoms with E-state index in [0.29, 0.717) is 39.3 Å². The van der Waals surface area contributed by atoms with Crippen molar-refractivity contribution in [1.82, 2.24) is 9.80 Å². The monoisotopic (exact) mass is 358 g/mol. The zero-order valence-corrected chi connectivity index (χ0v) is 15.5. The van der Waals surface area contributed by atoms with Crippen LogP contribution in [0.3, 0.4) is 0 Å². The van der Waals surface area contributed by atoms with Crippen molar-refractivity contribution in [3.8, 4) is 11.8 Å². The number of rotatable bonds is 7. The van der Waals surface area contributed by atoms with Crippen LogP contribution in [0, 0.1) is 11.3 Å². The van der Waals surface area contributed by atoms with Crippen molar-refractivity contribution < 1.29 is 14.3 Å². The van der Waals surface area contributed by atoms with Gasteiger partial charge in [-0.1, -0.05) is 0 Å². The van der Waals surface area contributed by atoms with Crippen LogP contribution in [0.5, 0.6) is 5.75 Å². The van der Waals surface area contributed by atoms with Crippen LogP contribution in [0.25, 0.3) is 0 Å². The minimum absolute atomic E-state index is 0.0410. The van der Waals surface area contributed by atoms with Crippen molar-refractivity contribution in [2.75, 3.05) is 50.8 Å². The number of benzene rings is 1. The molecule has 1 fully saturated rings. The third-order valence-electron chi connectivity index (χ3n) is 4.38. The maximum Gasteiger partial charge on any atom is 0.241 e. The Morgan fingerprint density at radius 2 is 1.85 bits per heavy atom. The van der Waals surface area contributed by atoms with E-state index < -0.39 is 0 Å². The summed E-state index contributed by atoms with van der Waals surface area (Å²) in [7, 11) is 0. The summed E-state index contributed by atoms with van der Waals surface area (Å²) in [6.07, 6.45) is 0.275. The number of ether oxygens (including phenoxy) is 1. The summed E-state index contributed by atoms with van der Waals surface area (Å²) >= 11 is 0. The van der Waals surface area contributed by atoms with Crippen molar-refractivity contribution in [2.24, 2.45) is 0 Å². The van der Waals surface area contributed by atoms with Crippen LogP contribution in [-0.2, 0) is 9.59 Å². The maximum atomic E-state index is 12.8. The summed E-state index contributed by atoms with van der Waals surface area (Å²) in [6, 6.07) is 9.44. The van der Waals surface area contributed by atoms with E-state index in [1.165, 1.54) is 0 Å². The van der Waals surface area contributed by atoms with Gasteiger partial charge in [0.05, 0.1) is 25.6 Å². The molecule has 0 atom stereocenters. The minimum atomic E-state index is -0.0410. The molecule has 26 heavy (non-hydrogen) atoms. The highest BCUT2D eigenvalue weighted by Crippen LogP contribution is 2.20. The summed E-state index contributed by atoms with van der Waals surface area (Å²) in [4.78, 5) is 29.7. The number of hydrogen-bond acceptors (Lipinski definition) is 5. The molecule has 2 amide bonds. The second-order valence-electron chi connectivity index (χ2n) is 6.16. The van der Waals surface area contributed by atoms with Crippen molar-refractivity contribution in [3.05, 3.63) is 24.3 Å². The van der Waals surface area contributed by atoms with Gasteiger partial charge in [0, 0.05) is 45.3 Å². The SMILES string of the molecule is CCOc1ccc(N(CCC#N)C(=O)CN2CCN(C(C)=O)CC2)cc1. The Hall–Kier alpha value is -2.59. The number of nitrogens with zero attached hydrogens (tertiary/aromatic N) is 4. The standard InChI is InChI=1S/C19H26N4O3/c1-3-26-18-7-5-17(6-8-18)23(10-4-9-20)19(25)15-21-11-13-22(14-12-21)16(2)24/h5-8H,3-4,10-15H2,1-2H3. The minimum Gasteiger partial charge on any atom is -0.494 e. The fraction of sp³-hybridized carbons (Fsp3) is 0.526. The Morgan fingerprint density at radius 1 is 1.19 bits per heavy atom. The fourth-order valence-electron chi connectivity index (χ4n) is 2.95. The van der Waals surface area contributed by atoms with Crippen molar-refractivity contribution in [1.29, 1.82) is 5.26 Å². The van der Waals surface area contributed by atoms with Gasteiger partial charge in [-0.3, -0.25) is 14.5 Å². The number of nitriles is 1. The number of carbonyl (C=O) groups is 2. The van der Waals surface area contributed by atoms with E-state index in [0.717, 1.165) is 11.4 Å². The van der Waals surface area contributed by atoms with E-state index in [9.17, 15) is 9.59 Å². The van der Waals surface area contributed by atoms with Gasteiger partial charge >= 0.3 is 0 Å². The Kier molecular flexibility index (Phi) is 7.42. The number of hydrogen-bond donors (Lipinski definition) is 0. The van der Waals surface area contributed by atoms with Gasteiger partial charge in [0.1, 0.15) is 5.75 Å².